The summed E-state index contributed by atoms with van der Waals surface area (Å²) in [7, 11) is 0. The molecule has 18 heavy (non-hydrogen) atoms. The minimum atomic E-state index is -0.459. The average molecular weight is 253 g/mol. The summed E-state index contributed by atoms with van der Waals surface area (Å²) in [5.74, 6) is -0.00967. The van der Waals surface area contributed by atoms with E-state index in [0.717, 1.165) is 0 Å². The molecular formula is C13H19NO4. The zero-order chi connectivity index (χ0) is 13.5. The van der Waals surface area contributed by atoms with E-state index < -0.39 is 6.10 Å². The van der Waals surface area contributed by atoms with Gasteiger partial charge in [0.15, 0.2) is 18.1 Å². The molecule has 0 aliphatic carbocycles. The van der Waals surface area contributed by atoms with Crippen molar-refractivity contribution >= 4 is 5.91 Å². The van der Waals surface area contributed by atoms with E-state index >= 15 is 0 Å². The van der Waals surface area contributed by atoms with E-state index in [0.29, 0.717) is 6.42 Å². The van der Waals surface area contributed by atoms with Crippen molar-refractivity contribution in [3.05, 3.63) is 24.3 Å². The fourth-order valence-corrected chi connectivity index (χ4v) is 1.61. The molecule has 3 N–H and O–H groups in total. The number of phenolic OH excluding ortho intramolecular Hbond substituents is 1. The van der Waals surface area contributed by atoms with Gasteiger partial charge in [0.05, 0.1) is 6.10 Å². The highest BCUT2D eigenvalue weighted by atomic mass is 16.5. The monoisotopic (exact) mass is 253 g/mol. The highest BCUT2D eigenvalue weighted by Gasteiger charge is 2.11. The molecule has 1 aromatic carbocycles. The normalized spacial score (nSPS) is 13.7. The molecule has 0 spiro atoms. The first-order valence-electron chi connectivity index (χ1n) is 5.87. The fourth-order valence-electron chi connectivity index (χ4n) is 1.61. The van der Waals surface area contributed by atoms with Crippen LogP contribution in [0.1, 0.15) is 20.3 Å². The molecule has 1 aromatic rings. The highest BCUT2D eigenvalue weighted by Crippen LogP contribution is 2.23. The molecule has 0 radical (unpaired) electrons. The summed E-state index contributed by atoms with van der Waals surface area (Å²) in [6.45, 7) is 3.31. The molecule has 2 unspecified atom stereocenters. The van der Waals surface area contributed by atoms with Gasteiger partial charge in [-0.15, -0.1) is 0 Å². The minimum Gasteiger partial charge on any atom is -0.504 e. The molecule has 2 atom stereocenters. The Hall–Kier alpha value is -1.75. The number of aliphatic hydroxyl groups excluding tert-OH is 1. The molecular weight excluding hydrogens is 234 g/mol. The van der Waals surface area contributed by atoms with Crippen LogP contribution in [-0.4, -0.2) is 34.9 Å². The van der Waals surface area contributed by atoms with Crippen LogP contribution in [0.3, 0.4) is 0 Å². The van der Waals surface area contributed by atoms with Crippen LogP contribution in [0.15, 0.2) is 24.3 Å². The van der Waals surface area contributed by atoms with Gasteiger partial charge < -0.3 is 20.3 Å². The third-order valence-electron chi connectivity index (χ3n) is 2.33. The first-order valence-corrected chi connectivity index (χ1v) is 5.87. The van der Waals surface area contributed by atoms with Crippen molar-refractivity contribution in [2.45, 2.75) is 32.4 Å². The van der Waals surface area contributed by atoms with Crippen molar-refractivity contribution in [3.8, 4) is 11.5 Å². The van der Waals surface area contributed by atoms with Crippen LogP contribution in [0.4, 0.5) is 0 Å². The van der Waals surface area contributed by atoms with Crippen LogP contribution < -0.4 is 10.1 Å². The van der Waals surface area contributed by atoms with Gasteiger partial charge in [-0.25, -0.2) is 0 Å². The third kappa shape index (κ3) is 5.05. The molecule has 100 valence electrons. The van der Waals surface area contributed by atoms with E-state index in [-0.39, 0.29) is 30.1 Å². The Balaban J connectivity index is 2.35. The number of nitrogens with one attached hydrogen (secondary N) is 1. The summed E-state index contributed by atoms with van der Waals surface area (Å²) in [5.41, 5.74) is 0. The second kappa shape index (κ2) is 6.86. The number of aromatic hydroxyl groups is 1. The topological polar surface area (TPSA) is 78.8 Å². The predicted molar refractivity (Wildman–Crippen MR) is 67.5 cm³/mol. The van der Waals surface area contributed by atoms with Gasteiger partial charge in [-0.3, -0.25) is 4.79 Å². The van der Waals surface area contributed by atoms with Crippen molar-refractivity contribution in [3.63, 3.8) is 0 Å². The Morgan fingerprint density at radius 1 is 1.39 bits per heavy atom. The van der Waals surface area contributed by atoms with Gasteiger partial charge in [0.1, 0.15) is 0 Å². The van der Waals surface area contributed by atoms with Crippen LogP contribution >= 0.6 is 0 Å². The number of para-hydroxylation sites is 2. The second-order valence-corrected chi connectivity index (χ2v) is 4.31. The molecule has 0 aliphatic heterocycles. The van der Waals surface area contributed by atoms with Gasteiger partial charge in [-0.2, -0.15) is 0 Å². The maximum absolute atomic E-state index is 11.5. The summed E-state index contributed by atoms with van der Waals surface area (Å²) in [6.07, 6.45) is 0.0295. The first kappa shape index (κ1) is 14.3. The number of hydrogen-bond acceptors (Lipinski definition) is 4. The predicted octanol–water partition coefficient (Wildman–Crippen LogP) is 1.05. The molecule has 5 nitrogen and oxygen atoms in total. The molecule has 0 fully saturated rings. The van der Waals surface area contributed by atoms with Crippen LogP contribution in [-0.2, 0) is 4.79 Å². The second-order valence-electron chi connectivity index (χ2n) is 4.31. The van der Waals surface area contributed by atoms with E-state index in [1.165, 1.54) is 6.07 Å². The van der Waals surface area contributed by atoms with Gasteiger partial charge in [-0.05, 0) is 32.4 Å². The fraction of sp³-hybridized carbons (Fsp3) is 0.462. The van der Waals surface area contributed by atoms with Crippen LogP contribution in [0.25, 0.3) is 0 Å². The smallest absolute Gasteiger partial charge is 0.258 e. The SMILES string of the molecule is CC(O)CC(C)NC(=O)COc1ccccc1O. The van der Waals surface area contributed by atoms with Gasteiger partial charge in [0, 0.05) is 6.04 Å². The zero-order valence-corrected chi connectivity index (χ0v) is 10.6. The van der Waals surface area contributed by atoms with Crippen LogP contribution in [0.2, 0.25) is 0 Å². The van der Waals surface area contributed by atoms with E-state index in [1.54, 1.807) is 25.1 Å². The Bertz CT molecular complexity index is 392. The number of amides is 1. The quantitative estimate of drug-likeness (QED) is 0.708. The number of benzene rings is 1. The molecule has 0 saturated carbocycles. The Kier molecular flexibility index (Phi) is 5.45. The summed E-state index contributed by atoms with van der Waals surface area (Å²) < 4.78 is 5.18. The Morgan fingerprint density at radius 2 is 2.06 bits per heavy atom. The number of carbonyl (C=O) groups excluding carboxylic acids is 1. The number of ether oxygens (including phenoxy) is 1. The van der Waals surface area contributed by atoms with Gasteiger partial charge in [-0.1, -0.05) is 12.1 Å². The largest absolute Gasteiger partial charge is 0.504 e. The molecule has 1 amide bonds. The van der Waals surface area contributed by atoms with E-state index in [9.17, 15) is 9.90 Å². The minimum absolute atomic E-state index is 0.00216. The lowest BCUT2D eigenvalue weighted by atomic mass is 10.1. The number of phenols is 1. The maximum Gasteiger partial charge on any atom is 0.258 e. The Labute approximate surface area is 106 Å². The van der Waals surface area contributed by atoms with Gasteiger partial charge >= 0.3 is 0 Å². The van der Waals surface area contributed by atoms with Crippen molar-refractivity contribution in [1.82, 2.24) is 5.32 Å². The van der Waals surface area contributed by atoms with Crippen molar-refractivity contribution in [1.29, 1.82) is 0 Å². The zero-order valence-electron chi connectivity index (χ0n) is 10.6. The number of carbonyl (C=O) groups is 1. The lowest BCUT2D eigenvalue weighted by molar-refractivity contribution is -0.123. The lowest BCUT2D eigenvalue weighted by Crippen LogP contribution is -2.37. The molecule has 0 heterocycles. The van der Waals surface area contributed by atoms with E-state index in [1.807, 2.05) is 6.92 Å². The molecule has 1 rings (SSSR count). The van der Waals surface area contributed by atoms with Gasteiger partial charge in [0.2, 0.25) is 0 Å². The first-order chi connectivity index (χ1) is 8.49. The van der Waals surface area contributed by atoms with Crippen LogP contribution in [0.5, 0.6) is 11.5 Å². The third-order valence-corrected chi connectivity index (χ3v) is 2.33. The molecule has 0 saturated heterocycles. The maximum atomic E-state index is 11.5. The summed E-state index contributed by atoms with van der Waals surface area (Å²) in [4.78, 5) is 11.5. The average Bonchev–Trinajstić information content (AvgIpc) is 2.26. The standard InChI is InChI=1S/C13H19NO4/c1-9(7-10(2)15)14-13(17)8-18-12-6-4-3-5-11(12)16/h3-6,9-10,15-16H,7-8H2,1-2H3,(H,14,17). The van der Waals surface area contributed by atoms with Crippen LogP contribution in [0, 0.1) is 0 Å². The number of rotatable bonds is 6. The number of aliphatic hydroxyl groups is 1. The molecule has 0 bridgehead atoms. The van der Waals surface area contributed by atoms with E-state index in [2.05, 4.69) is 5.32 Å². The molecule has 0 aliphatic rings. The van der Waals surface area contributed by atoms with Crippen molar-refractivity contribution < 1.29 is 19.7 Å². The van der Waals surface area contributed by atoms with E-state index in [4.69, 9.17) is 9.84 Å². The lowest BCUT2D eigenvalue weighted by Gasteiger charge is -2.15. The number of hydrogen-bond donors (Lipinski definition) is 3. The molecule has 5 heteroatoms. The van der Waals surface area contributed by atoms with Gasteiger partial charge in [0.25, 0.3) is 5.91 Å². The van der Waals surface area contributed by atoms with Crippen molar-refractivity contribution in [2.75, 3.05) is 6.61 Å². The molecule has 0 aromatic heterocycles. The summed E-state index contributed by atoms with van der Waals surface area (Å²) in [5, 5.41) is 21.3. The van der Waals surface area contributed by atoms with Crippen molar-refractivity contribution in [2.24, 2.45) is 0 Å². The Morgan fingerprint density at radius 3 is 2.67 bits per heavy atom. The summed E-state index contributed by atoms with van der Waals surface area (Å²) in [6, 6.07) is 6.34. The highest BCUT2D eigenvalue weighted by molar-refractivity contribution is 5.77. The summed E-state index contributed by atoms with van der Waals surface area (Å²) >= 11 is 0.